The molecule has 0 aliphatic carbocycles. The summed E-state index contributed by atoms with van der Waals surface area (Å²) in [5, 5.41) is 0. The number of hydrogen-bond donors (Lipinski definition) is 1. The Labute approximate surface area is 84.9 Å². The lowest BCUT2D eigenvalue weighted by Gasteiger charge is -2.08. The van der Waals surface area contributed by atoms with Crippen molar-refractivity contribution in [2.45, 2.75) is 25.2 Å². The molecule has 14 heavy (non-hydrogen) atoms. The van der Waals surface area contributed by atoms with Gasteiger partial charge in [-0.25, -0.2) is 8.42 Å². The Morgan fingerprint density at radius 1 is 1.36 bits per heavy atom. The molecule has 0 aliphatic rings. The second-order valence-electron chi connectivity index (χ2n) is 3.31. The number of anilines is 1. The Bertz CT molecular complexity index is 424. The standard InChI is InChI=1S/C10H15NO2S/c1-3-7-14(12,13)9-6-4-5-8(2)10(9)11/h4-6H,3,7,11H2,1-2H3. The molecule has 0 bridgehead atoms. The third-order valence-corrected chi connectivity index (χ3v) is 4.06. The first kappa shape index (κ1) is 11.0. The average Bonchev–Trinajstić information content (AvgIpc) is 2.09. The maximum atomic E-state index is 11.7. The topological polar surface area (TPSA) is 60.2 Å². The summed E-state index contributed by atoms with van der Waals surface area (Å²) in [5.41, 5.74) is 6.90. The van der Waals surface area contributed by atoms with Crippen molar-refractivity contribution in [1.29, 1.82) is 0 Å². The van der Waals surface area contributed by atoms with E-state index < -0.39 is 9.84 Å². The minimum absolute atomic E-state index is 0.153. The van der Waals surface area contributed by atoms with E-state index in [9.17, 15) is 8.42 Å². The smallest absolute Gasteiger partial charge is 0.180 e. The van der Waals surface area contributed by atoms with E-state index in [4.69, 9.17) is 5.73 Å². The molecule has 0 heterocycles. The highest BCUT2D eigenvalue weighted by molar-refractivity contribution is 7.91. The van der Waals surface area contributed by atoms with Crippen molar-refractivity contribution in [3.8, 4) is 0 Å². The van der Waals surface area contributed by atoms with E-state index in [0.29, 0.717) is 12.1 Å². The predicted molar refractivity (Wildman–Crippen MR) is 57.9 cm³/mol. The molecule has 0 spiro atoms. The number of nitrogens with two attached hydrogens (primary N) is 1. The molecule has 2 N–H and O–H groups in total. The third kappa shape index (κ3) is 2.07. The molecular formula is C10H15NO2S. The van der Waals surface area contributed by atoms with Crippen LogP contribution in [0.2, 0.25) is 0 Å². The maximum absolute atomic E-state index is 11.7. The molecule has 0 unspecified atom stereocenters. The van der Waals surface area contributed by atoms with Gasteiger partial charge >= 0.3 is 0 Å². The van der Waals surface area contributed by atoms with Crippen molar-refractivity contribution in [2.24, 2.45) is 0 Å². The number of rotatable bonds is 3. The van der Waals surface area contributed by atoms with E-state index in [2.05, 4.69) is 0 Å². The molecular weight excluding hydrogens is 198 g/mol. The number of nitrogen functional groups attached to an aromatic ring is 1. The average molecular weight is 213 g/mol. The molecule has 4 heteroatoms. The van der Waals surface area contributed by atoms with Crippen LogP contribution in [0, 0.1) is 6.92 Å². The van der Waals surface area contributed by atoms with E-state index in [1.54, 1.807) is 25.1 Å². The van der Waals surface area contributed by atoms with Crippen molar-refractivity contribution < 1.29 is 8.42 Å². The fourth-order valence-corrected chi connectivity index (χ4v) is 2.84. The van der Waals surface area contributed by atoms with Gasteiger partial charge in [0.15, 0.2) is 9.84 Å². The molecule has 3 nitrogen and oxygen atoms in total. The van der Waals surface area contributed by atoms with Gasteiger partial charge in [0.05, 0.1) is 16.3 Å². The third-order valence-electron chi connectivity index (χ3n) is 2.09. The van der Waals surface area contributed by atoms with Gasteiger partial charge in [-0.05, 0) is 25.0 Å². The van der Waals surface area contributed by atoms with Crippen molar-refractivity contribution in [1.82, 2.24) is 0 Å². The van der Waals surface area contributed by atoms with Crippen molar-refractivity contribution in [3.63, 3.8) is 0 Å². The second-order valence-corrected chi connectivity index (χ2v) is 5.38. The number of para-hydroxylation sites is 1. The van der Waals surface area contributed by atoms with Crippen LogP contribution in [0.25, 0.3) is 0 Å². The summed E-state index contributed by atoms with van der Waals surface area (Å²) in [6.45, 7) is 3.64. The molecule has 0 radical (unpaired) electrons. The molecule has 0 atom stereocenters. The minimum atomic E-state index is -3.19. The zero-order valence-corrected chi connectivity index (χ0v) is 9.26. The van der Waals surface area contributed by atoms with Gasteiger partial charge in [-0.3, -0.25) is 0 Å². The molecule has 0 fully saturated rings. The first-order valence-corrected chi connectivity index (χ1v) is 6.22. The van der Waals surface area contributed by atoms with E-state index in [0.717, 1.165) is 5.56 Å². The normalized spacial score (nSPS) is 11.6. The highest BCUT2D eigenvalue weighted by atomic mass is 32.2. The first-order valence-electron chi connectivity index (χ1n) is 4.57. The molecule has 0 saturated heterocycles. The van der Waals surface area contributed by atoms with Gasteiger partial charge in [0.1, 0.15) is 0 Å². The van der Waals surface area contributed by atoms with E-state index in [1.807, 2.05) is 6.92 Å². The van der Waals surface area contributed by atoms with Gasteiger partial charge in [0.25, 0.3) is 0 Å². The number of hydrogen-bond acceptors (Lipinski definition) is 3. The van der Waals surface area contributed by atoms with Gasteiger partial charge in [-0.15, -0.1) is 0 Å². The molecule has 78 valence electrons. The molecule has 0 aromatic heterocycles. The SMILES string of the molecule is CCCS(=O)(=O)c1cccc(C)c1N. The summed E-state index contributed by atoms with van der Waals surface area (Å²) < 4.78 is 23.5. The largest absolute Gasteiger partial charge is 0.397 e. The van der Waals surface area contributed by atoms with Crippen LogP contribution in [-0.4, -0.2) is 14.2 Å². The zero-order chi connectivity index (χ0) is 10.8. The van der Waals surface area contributed by atoms with Crippen LogP contribution in [0.1, 0.15) is 18.9 Å². The van der Waals surface area contributed by atoms with Crippen LogP contribution in [0.15, 0.2) is 23.1 Å². The zero-order valence-electron chi connectivity index (χ0n) is 8.45. The fraction of sp³-hybridized carbons (Fsp3) is 0.400. The van der Waals surface area contributed by atoms with Crippen LogP contribution < -0.4 is 5.73 Å². The highest BCUT2D eigenvalue weighted by Gasteiger charge is 2.16. The Morgan fingerprint density at radius 2 is 2.00 bits per heavy atom. The van der Waals surface area contributed by atoms with Gasteiger partial charge in [0, 0.05) is 0 Å². The summed E-state index contributed by atoms with van der Waals surface area (Å²) in [4.78, 5) is 0.263. The van der Waals surface area contributed by atoms with E-state index in [-0.39, 0.29) is 10.6 Å². The quantitative estimate of drug-likeness (QED) is 0.778. The van der Waals surface area contributed by atoms with Crippen LogP contribution in [0.4, 0.5) is 5.69 Å². The highest BCUT2D eigenvalue weighted by Crippen LogP contribution is 2.22. The Morgan fingerprint density at radius 3 is 2.57 bits per heavy atom. The Hall–Kier alpha value is -1.03. The van der Waals surface area contributed by atoms with Gasteiger partial charge < -0.3 is 5.73 Å². The Kier molecular flexibility index (Phi) is 3.16. The van der Waals surface area contributed by atoms with Gasteiger partial charge in [0.2, 0.25) is 0 Å². The van der Waals surface area contributed by atoms with E-state index in [1.165, 1.54) is 0 Å². The lowest BCUT2D eigenvalue weighted by molar-refractivity contribution is 0.595. The van der Waals surface area contributed by atoms with Crippen LogP contribution in [-0.2, 0) is 9.84 Å². The molecule has 1 rings (SSSR count). The van der Waals surface area contributed by atoms with Gasteiger partial charge in [-0.1, -0.05) is 19.1 Å². The second kappa shape index (κ2) is 4.00. The lowest BCUT2D eigenvalue weighted by atomic mass is 10.2. The van der Waals surface area contributed by atoms with Crippen LogP contribution in [0.3, 0.4) is 0 Å². The van der Waals surface area contributed by atoms with Crippen LogP contribution in [0.5, 0.6) is 0 Å². The Balaban J connectivity index is 3.27. The summed E-state index contributed by atoms with van der Waals surface area (Å²) in [6, 6.07) is 5.09. The van der Waals surface area contributed by atoms with Crippen molar-refractivity contribution >= 4 is 15.5 Å². The van der Waals surface area contributed by atoms with Crippen molar-refractivity contribution in [2.75, 3.05) is 11.5 Å². The van der Waals surface area contributed by atoms with Crippen LogP contribution >= 0.6 is 0 Å². The van der Waals surface area contributed by atoms with E-state index >= 15 is 0 Å². The molecule has 0 amide bonds. The predicted octanol–water partition coefficient (Wildman–Crippen LogP) is 1.76. The molecule has 1 aromatic rings. The monoisotopic (exact) mass is 213 g/mol. The molecule has 0 aliphatic heterocycles. The summed E-state index contributed by atoms with van der Waals surface area (Å²) >= 11 is 0. The van der Waals surface area contributed by atoms with Gasteiger partial charge in [-0.2, -0.15) is 0 Å². The number of sulfone groups is 1. The summed E-state index contributed by atoms with van der Waals surface area (Å²) in [7, 11) is -3.19. The summed E-state index contributed by atoms with van der Waals surface area (Å²) in [6.07, 6.45) is 0.607. The van der Waals surface area contributed by atoms with Crippen molar-refractivity contribution in [3.05, 3.63) is 23.8 Å². The minimum Gasteiger partial charge on any atom is -0.397 e. The summed E-state index contributed by atoms with van der Waals surface area (Å²) in [5.74, 6) is 0.153. The molecule has 1 aromatic carbocycles. The number of aryl methyl sites for hydroxylation is 1. The maximum Gasteiger partial charge on any atom is 0.180 e. The fourth-order valence-electron chi connectivity index (χ4n) is 1.30. The lowest BCUT2D eigenvalue weighted by Crippen LogP contribution is -2.09. The first-order chi connectivity index (χ1) is 6.49. The number of benzene rings is 1. The molecule has 0 saturated carbocycles.